The van der Waals surface area contributed by atoms with Crippen LogP contribution in [0.3, 0.4) is 0 Å². The van der Waals surface area contributed by atoms with Crippen LogP contribution >= 0.6 is 11.6 Å². The fraction of sp³-hybridized carbons (Fsp3) is 0.273. The van der Waals surface area contributed by atoms with E-state index in [4.69, 9.17) is 16.3 Å². The molecular weight excluding hydrogens is 409 g/mol. The normalized spacial score (nSPS) is 16.3. The fourth-order valence-electron chi connectivity index (χ4n) is 3.73. The van der Waals surface area contributed by atoms with E-state index in [2.05, 4.69) is 10.3 Å². The van der Waals surface area contributed by atoms with Crippen molar-refractivity contribution in [3.8, 4) is 5.75 Å². The first-order valence-corrected chi connectivity index (χ1v) is 10.00. The number of likely N-dealkylation sites (tertiary alicyclic amines) is 1. The fourth-order valence-corrected chi connectivity index (χ4v) is 3.91. The lowest BCUT2D eigenvalue weighted by atomic mass is 10.1. The molecule has 1 aliphatic heterocycles. The first-order chi connectivity index (χ1) is 14.4. The number of amides is 2. The van der Waals surface area contributed by atoms with Crippen molar-refractivity contribution in [2.45, 2.75) is 12.8 Å². The van der Waals surface area contributed by atoms with Gasteiger partial charge in [-0.05, 0) is 48.4 Å². The molecule has 0 saturated carbocycles. The van der Waals surface area contributed by atoms with Gasteiger partial charge in [0.25, 0.3) is 0 Å². The number of hydrogen-bond donors (Lipinski definition) is 2. The Morgan fingerprint density at radius 2 is 2.17 bits per heavy atom. The smallest absolute Gasteiger partial charge is 0.229 e. The molecule has 6 nitrogen and oxygen atoms in total. The highest BCUT2D eigenvalue weighted by molar-refractivity contribution is 6.31. The summed E-state index contributed by atoms with van der Waals surface area (Å²) in [6, 6.07) is 9.82. The summed E-state index contributed by atoms with van der Waals surface area (Å²) in [5.41, 5.74) is 2.50. The van der Waals surface area contributed by atoms with Crippen molar-refractivity contribution < 1.29 is 18.7 Å². The summed E-state index contributed by atoms with van der Waals surface area (Å²) in [4.78, 5) is 29.9. The number of aromatic nitrogens is 1. The van der Waals surface area contributed by atoms with E-state index in [1.165, 1.54) is 18.2 Å². The molecule has 0 spiro atoms. The lowest BCUT2D eigenvalue weighted by Gasteiger charge is -2.16. The van der Waals surface area contributed by atoms with Crippen molar-refractivity contribution >= 4 is 40.0 Å². The van der Waals surface area contributed by atoms with Crippen LogP contribution in [-0.2, 0) is 16.0 Å². The predicted octanol–water partition coefficient (Wildman–Crippen LogP) is 4.00. The minimum absolute atomic E-state index is 0.0512. The second-order valence-electron chi connectivity index (χ2n) is 7.33. The molecule has 1 aromatic heterocycles. The SMILES string of the molecule is COc1ccc2[nH]cc(CCN3CC(C(=O)Nc4ccc(F)c(Cl)c4)CC3=O)c2c1. The summed E-state index contributed by atoms with van der Waals surface area (Å²) in [7, 11) is 1.63. The lowest BCUT2D eigenvalue weighted by molar-refractivity contribution is -0.128. The number of ether oxygens (including phenoxy) is 1. The van der Waals surface area contributed by atoms with Crippen molar-refractivity contribution in [2.75, 3.05) is 25.5 Å². The number of aromatic amines is 1. The Hall–Kier alpha value is -3.06. The third-order valence-corrected chi connectivity index (χ3v) is 5.69. The minimum Gasteiger partial charge on any atom is -0.497 e. The maximum Gasteiger partial charge on any atom is 0.229 e. The minimum atomic E-state index is -0.549. The van der Waals surface area contributed by atoms with Crippen molar-refractivity contribution in [3.05, 3.63) is 59.0 Å². The predicted molar refractivity (Wildman–Crippen MR) is 113 cm³/mol. The van der Waals surface area contributed by atoms with Crippen LogP contribution in [0.5, 0.6) is 5.75 Å². The number of nitrogens with one attached hydrogen (secondary N) is 2. The van der Waals surface area contributed by atoms with Crippen LogP contribution in [0, 0.1) is 11.7 Å². The van der Waals surface area contributed by atoms with E-state index in [1.54, 1.807) is 12.0 Å². The van der Waals surface area contributed by atoms with Gasteiger partial charge in [0, 0.05) is 42.3 Å². The molecule has 156 valence electrons. The zero-order valence-corrected chi connectivity index (χ0v) is 17.1. The molecule has 0 radical (unpaired) electrons. The van der Waals surface area contributed by atoms with Gasteiger partial charge in [0.1, 0.15) is 11.6 Å². The number of hydrogen-bond acceptors (Lipinski definition) is 3. The Balaban J connectivity index is 1.38. The van der Waals surface area contributed by atoms with E-state index >= 15 is 0 Å². The molecule has 2 heterocycles. The molecule has 4 rings (SSSR count). The van der Waals surface area contributed by atoms with Gasteiger partial charge in [-0.2, -0.15) is 0 Å². The molecule has 3 aromatic rings. The molecule has 8 heteroatoms. The number of carbonyl (C=O) groups is 2. The summed E-state index contributed by atoms with van der Waals surface area (Å²) < 4.78 is 18.6. The number of carbonyl (C=O) groups excluding carboxylic acids is 2. The van der Waals surface area contributed by atoms with Crippen molar-refractivity contribution in [3.63, 3.8) is 0 Å². The summed E-state index contributed by atoms with van der Waals surface area (Å²) in [6.07, 6.45) is 2.76. The van der Waals surface area contributed by atoms with Gasteiger partial charge in [-0.3, -0.25) is 9.59 Å². The highest BCUT2D eigenvalue weighted by Crippen LogP contribution is 2.26. The maximum absolute atomic E-state index is 13.3. The van der Waals surface area contributed by atoms with E-state index in [0.29, 0.717) is 25.2 Å². The standard InChI is InChI=1S/C22H21ClFN3O3/c1-30-16-3-5-20-17(10-16)13(11-25-20)6-7-27-12-14(8-21(27)28)22(29)26-15-2-4-19(24)18(23)9-15/h2-5,9-11,14,25H,6-8,12H2,1H3,(H,26,29). The van der Waals surface area contributed by atoms with Gasteiger partial charge in [-0.15, -0.1) is 0 Å². The number of fused-ring (bicyclic) bond motifs is 1. The van der Waals surface area contributed by atoms with E-state index in [1.807, 2.05) is 24.4 Å². The van der Waals surface area contributed by atoms with E-state index in [-0.39, 0.29) is 23.3 Å². The Bertz CT molecular complexity index is 1110. The quantitative estimate of drug-likeness (QED) is 0.622. The number of H-pyrrole nitrogens is 1. The lowest BCUT2D eigenvalue weighted by Crippen LogP contribution is -2.30. The second-order valence-corrected chi connectivity index (χ2v) is 7.74. The Labute approximate surface area is 178 Å². The van der Waals surface area contributed by atoms with Crippen LogP contribution in [0.2, 0.25) is 5.02 Å². The van der Waals surface area contributed by atoms with Crippen molar-refractivity contribution in [1.29, 1.82) is 0 Å². The average Bonchev–Trinajstić information content (AvgIpc) is 3.31. The van der Waals surface area contributed by atoms with Crippen LogP contribution in [0.25, 0.3) is 10.9 Å². The molecule has 1 fully saturated rings. The molecular formula is C22H21ClFN3O3. The van der Waals surface area contributed by atoms with Gasteiger partial charge in [-0.1, -0.05) is 11.6 Å². The van der Waals surface area contributed by atoms with E-state index in [0.717, 1.165) is 22.2 Å². The van der Waals surface area contributed by atoms with Crippen LogP contribution < -0.4 is 10.1 Å². The van der Waals surface area contributed by atoms with Crippen LogP contribution in [0.15, 0.2) is 42.6 Å². The second kappa shape index (κ2) is 8.36. The third kappa shape index (κ3) is 4.11. The average molecular weight is 430 g/mol. The van der Waals surface area contributed by atoms with Crippen LogP contribution in [0.4, 0.5) is 10.1 Å². The van der Waals surface area contributed by atoms with Gasteiger partial charge >= 0.3 is 0 Å². The number of methoxy groups -OCH3 is 1. The number of benzene rings is 2. The monoisotopic (exact) mass is 429 g/mol. The Morgan fingerprint density at radius 1 is 1.33 bits per heavy atom. The molecule has 1 aliphatic rings. The summed E-state index contributed by atoms with van der Waals surface area (Å²) in [6.45, 7) is 0.875. The van der Waals surface area contributed by atoms with Gasteiger partial charge in [0.05, 0.1) is 18.1 Å². The van der Waals surface area contributed by atoms with Crippen LogP contribution in [0.1, 0.15) is 12.0 Å². The molecule has 1 atom stereocenters. The van der Waals surface area contributed by atoms with Gasteiger partial charge in [0.15, 0.2) is 0 Å². The van der Waals surface area contributed by atoms with Gasteiger partial charge in [-0.25, -0.2) is 4.39 Å². The molecule has 30 heavy (non-hydrogen) atoms. The third-order valence-electron chi connectivity index (χ3n) is 5.40. The van der Waals surface area contributed by atoms with Crippen molar-refractivity contribution in [1.82, 2.24) is 9.88 Å². The Kier molecular flexibility index (Phi) is 5.63. The molecule has 0 bridgehead atoms. The number of nitrogens with zero attached hydrogens (tertiary/aromatic N) is 1. The van der Waals surface area contributed by atoms with Crippen molar-refractivity contribution in [2.24, 2.45) is 5.92 Å². The zero-order valence-electron chi connectivity index (χ0n) is 16.4. The molecule has 2 aromatic carbocycles. The molecule has 1 saturated heterocycles. The highest BCUT2D eigenvalue weighted by Gasteiger charge is 2.34. The number of anilines is 1. The summed E-state index contributed by atoms with van der Waals surface area (Å²) in [5.74, 6) is -0.551. The first-order valence-electron chi connectivity index (χ1n) is 9.62. The molecule has 2 N–H and O–H groups in total. The largest absolute Gasteiger partial charge is 0.497 e. The molecule has 0 aliphatic carbocycles. The summed E-state index contributed by atoms with van der Waals surface area (Å²) >= 11 is 5.75. The zero-order chi connectivity index (χ0) is 21.3. The highest BCUT2D eigenvalue weighted by atomic mass is 35.5. The first kappa shape index (κ1) is 20.2. The Morgan fingerprint density at radius 3 is 2.93 bits per heavy atom. The van der Waals surface area contributed by atoms with Crippen LogP contribution in [-0.4, -0.2) is 41.9 Å². The number of rotatable bonds is 6. The summed E-state index contributed by atoms with van der Waals surface area (Å²) in [5, 5.41) is 3.71. The van der Waals surface area contributed by atoms with Gasteiger partial charge < -0.3 is 19.9 Å². The molecule has 2 amide bonds. The van der Waals surface area contributed by atoms with Gasteiger partial charge in [0.2, 0.25) is 11.8 Å². The molecule has 1 unspecified atom stereocenters. The van der Waals surface area contributed by atoms with E-state index < -0.39 is 11.7 Å². The topological polar surface area (TPSA) is 74.4 Å². The van der Waals surface area contributed by atoms with E-state index in [9.17, 15) is 14.0 Å². The maximum atomic E-state index is 13.3. The number of halogens is 2.